The van der Waals surface area contributed by atoms with Gasteiger partial charge in [0, 0.05) is 13.0 Å². The maximum Gasteiger partial charge on any atom is 0.306 e. The Kier molecular flexibility index (Phi) is 10.1. The molecule has 6 N–H and O–H groups in total. The Morgan fingerprint density at radius 2 is 1.84 bits per heavy atom. The van der Waals surface area contributed by atoms with Crippen LogP contribution in [0.4, 0.5) is 0 Å². The second-order valence-corrected chi connectivity index (χ2v) is 8.21. The number of hydrogen-bond donors (Lipinski definition) is 6. The van der Waals surface area contributed by atoms with E-state index in [0.717, 1.165) is 18.4 Å². The first-order chi connectivity index (χ1) is 14.7. The van der Waals surface area contributed by atoms with Crippen LogP contribution in [0.15, 0.2) is 24.3 Å². The van der Waals surface area contributed by atoms with Crippen LogP contribution in [0.2, 0.25) is 0 Å². The number of carbonyl (C=O) groups is 1. The van der Waals surface area contributed by atoms with Crippen LogP contribution in [-0.2, 0) is 16.0 Å². The van der Waals surface area contributed by atoms with Gasteiger partial charge in [0.1, 0.15) is 30.2 Å². The first-order valence-corrected chi connectivity index (χ1v) is 10.7. The molecule has 0 amide bonds. The van der Waals surface area contributed by atoms with E-state index in [0.29, 0.717) is 30.1 Å². The predicted molar refractivity (Wildman–Crippen MR) is 116 cm³/mol. The molecule has 0 aromatic heterocycles. The molecule has 0 saturated carbocycles. The minimum Gasteiger partial charge on any atom is -0.481 e. The predicted octanol–water partition coefficient (Wildman–Crippen LogP) is 0.216. The van der Waals surface area contributed by atoms with Crippen molar-refractivity contribution < 1.29 is 39.8 Å². The molecule has 1 fully saturated rings. The van der Waals surface area contributed by atoms with Gasteiger partial charge in [-0.15, -0.1) is 0 Å². The quantitative estimate of drug-likeness (QED) is 0.201. The zero-order valence-corrected chi connectivity index (χ0v) is 18.2. The van der Waals surface area contributed by atoms with E-state index in [1.54, 1.807) is 19.1 Å². The van der Waals surface area contributed by atoms with Gasteiger partial charge >= 0.3 is 5.97 Å². The summed E-state index contributed by atoms with van der Waals surface area (Å²) in [5, 5.41) is 50.9. The average Bonchev–Trinajstić information content (AvgIpc) is 2.74. The normalized spacial score (nSPS) is 26.8. The van der Waals surface area contributed by atoms with Gasteiger partial charge < -0.3 is 40.3 Å². The molecule has 0 bridgehead atoms. The zero-order valence-electron chi connectivity index (χ0n) is 17.4. The zero-order chi connectivity index (χ0) is 23.0. The fraction of sp³-hybridized carbons (Fsp3) is 0.619. The summed E-state index contributed by atoms with van der Waals surface area (Å²) in [6.07, 6.45) is -3.83. The third-order valence-electron chi connectivity index (χ3n) is 5.20. The molecule has 1 aromatic carbocycles. The molecule has 2 rings (SSSR count). The number of aliphatic hydroxyl groups is 4. The van der Waals surface area contributed by atoms with Gasteiger partial charge in [0.25, 0.3) is 0 Å². The standard InChI is InChI=1S/C21H31NO8S/c1-12(20(27)28)4-2-3-9-22-16(31)10-13-5-7-14(8-6-13)29-21-19(26)18(25)17(24)15(11-23)30-21/h5-8,12,15,17-19,21,23-26H,2-4,9-11H2,1H3,(H,22,31)(H,27,28). The van der Waals surface area contributed by atoms with E-state index in [2.05, 4.69) is 5.32 Å². The number of unbranched alkanes of at least 4 members (excludes halogenated alkanes) is 1. The number of carboxylic acid groups (broad SMARTS) is 1. The minimum atomic E-state index is -1.49. The van der Waals surface area contributed by atoms with Crippen molar-refractivity contribution in [1.82, 2.24) is 5.32 Å². The summed E-state index contributed by atoms with van der Waals surface area (Å²) in [6, 6.07) is 6.96. The largest absolute Gasteiger partial charge is 0.481 e. The summed E-state index contributed by atoms with van der Waals surface area (Å²) in [7, 11) is 0. The van der Waals surface area contributed by atoms with Gasteiger partial charge in [-0.3, -0.25) is 4.79 Å². The van der Waals surface area contributed by atoms with E-state index in [1.807, 2.05) is 12.1 Å². The number of rotatable bonds is 11. The van der Waals surface area contributed by atoms with Crippen LogP contribution in [0, 0.1) is 5.92 Å². The Morgan fingerprint density at radius 3 is 2.45 bits per heavy atom. The van der Waals surface area contributed by atoms with E-state index in [1.165, 1.54) is 0 Å². The van der Waals surface area contributed by atoms with Gasteiger partial charge in [0.15, 0.2) is 0 Å². The van der Waals surface area contributed by atoms with E-state index < -0.39 is 43.3 Å². The number of ether oxygens (including phenoxy) is 2. The second-order valence-electron chi connectivity index (χ2n) is 7.72. The van der Waals surface area contributed by atoms with Crippen molar-refractivity contribution in [3.8, 4) is 5.75 Å². The Hall–Kier alpha value is -1.82. The number of benzene rings is 1. The first-order valence-electron chi connectivity index (χ1n) is 10.3. The van der Waals surface area contributed by atoms with Gasteiger partial charge in [0.05, 0.1) is 17.5 Å². The van der Waals surface area contributed by atoms with Crippen LogP contribution in [-0.4, -0.2) is 80.3 Å². The lowest BCUT2D eigenvalue weighted by Crippen LogP contribution is -2.60. The molecule has 1 aromatic rings. The molecule has 1 aliphatic heterocycles. The molecule has 6 atom stereocenters. The Morgan fingerprint density at radius 1 is 1.16 bits per heavy atom. The maximum atomic E-state index is 10.8. The van der Waals surface area contributed by atoms with Gasteiger partial charge in [-0.25, -0.2) is 0 Å². The van der Waals surface area contributed by atoms with Crippen molar-refractivity contribution in [2.24, 2.45) is 5.92 Å². The summed E-state index contributed by atoms with van der Waals surface area (Å²) < 4.78 is 10.9. The van der Waals surface area contributed by atoms with Crippen molar-refractivity contribution in [3.63, 3.8) is 0 Å². The lowest BCUT2D eigenvalue weighted by atomic mass is 9.99. The van der Waals surface area contributed by atoms with Crippen molar-refractivity contribution in [2.75, 3.05) is 13.2 Å². The van der Waals surface area contributed by atoms with Gasteiger partial charge in [-0.05, 0) is 30.5 Å². The fourth-order valence-corrected chi connectivity index (χ4v) is 3.43. The van der Waals surface area contributed by atoms with Crippen LogP contribution >= 0.6 is 12.2 Å². The molecule has 1 saturated heterocycles. The van der Waals surface area contributed by atoms with Crippen LogP contribution in [0.1, 0.15) is 31.7 Å². The first kappa shape index (κ1) is 25.4. The number of nitrogens with one attached hydrogen (secondary N) is 1. The molecular formula is C21H31NO8S. The average molecular weight is 458 g/mol. The SMILES string of the molecule is CC(CCCCNC(=S)Cc1ccc(OC2OC(CO)C(O)C(O)C2O)cc1)C(=O)O. The summed E-state index contributed by atoms with van der Waals surface area (Å²) in [5.74, 6) is -0.724. The molecular weight excluding hydrogens is 426 g/mol. The van der Waals surface area contributed by atoms with Crippen LogP contribution in [0.3, 0.4) is 0 Å². The fourth-order valence-electron chi connectivity index (χ4n) is 3.16. The van der Waals surface area contributed by atoms with Crippen molar-refractivity contribution >= 4 is 23.2 Å². The number of hydrogen-bond acceptors (Lipinski definition) is 8. The maximum absolute atomic E-state index is 10.8. The van der Waals surface area contributed by atoms with Crippen LogP contribution < -0.4 is 10.1 Å². The third kappa shape index (κ3) is 7.67. The molecule has 1 heterocycles. The summed E-state index contributed by atoms with van der Waals surface area (Å²) >= 11 is 5.34. The number of carboxylic acids is 1. The molecule has 0 spiro atoms. The molecule has 6 unspecified atom stereocenters. The minimum absolute atomic E-state index is 0.337. The van der Waals surface area contributed by atoms with Gasteiger partial charge in [0.2, 0.25) is 6.29 Å². The second kappa shape index (κ2) is 12.3. The molecule has 10 heteroatoms. The highest BCUT2D eigenvalue weighted by Crippen LogP contribution is 2.24. The topological polar surface area (TPSA) is 149 Å². The molecule has 0 aliphatic carbocycles. The van der Waals surface area contributed by atoms with Crippen LogP contribution in [0.5, 0.6) is 5.75 Å². The van der Waals surface area contributed by atoms with E-state index in [-0.39, 0.29) is 5.92 Å². The smallest absolute Gasteiger partial charge is 0.306 e. The van der Waals surface area contributed by atoms with Crippen molar-refractivity contribution in [3.05, 3.63) is 29.8 Å². The Bertz CT molecular complexity index is 714. The summed E-state index contributed by atoms with van der Waals surface area (Å²) in [6.45, 7) is 1.86. The van der Waals surface area contributed by atoms with Crippen molar-refractivity contribution in [1.29, 1.82) is 0 Å². The monoisotopic (exact) mass is 457 g/mol. The molecule has 1 aliphatic rings. The van der Waals surface area contributed by atoms with E-state index in [4.69, 9.17) is 26.8 Å². The van der Waals surface area contributed by atoms with Crippen molar-refractivity contribution in [2.45, 2.75) is 63.3 Å². The van der Waals surface area contributed by atoms with Crippen LogP contribution in [0.25, 0.3) is 0 Å². The third-order valence-corrected chi connectivity index (χ3v) is 5.49. The Balaban J connectivity index is 1.76. The summed E-state index contributed by atoms with van der Waals surface area (Å²) in [5.41, 5.74) is 0.943. The number of aliphatic carboxylic acids is 1. The molecule has 0 radical (unpaired) electrons. The highest BCUT2D eigenvalue weighted by molar-refractivity contribution is 7.80. The van der Waals surface area contributed by atoms with Gasteiger partial charge in [-0.1, -0.05) is 37.7 Å². The van der Waals surface area contributed by atoms with E-state index in [9.17, 15) is 25.2 Å². The molecule has 31 heavy (non-hydrogen) atoms. The highest BCUT2D eigenvalue weighted by atomic mass is 32.1. The number of thiocarbonyl (C=S) groups is 1. The Labute approximate surface area is 186 Å². The molecule has 9 nitrogen and oxygen atoms in total. The lowest BCUT2D eigenvalue weighted by Gasteiger charge is -2.39. The number of aliphatic hydroxyl groups excluding tert-OH is 4. The van der Waals surface area contributed by atoms with Gasteiger partial charge in [-0.2, -0.15) is 0 Å². The highest BCUT2D eigenvalue weighted by Gasteiger charge is 2.44. The lowest BCUT2D eigenvalue weighted by molar-refractivity contribution is -0.277. The molecule has 174 valence electrons. The van der Waals surface area contributed by atoms with E-state index >= 15 is 0 Å². The summed E-state index contributed by atoms with van der Waals surface area (Å²) in [4.78, 5) is 11.5.